The van der Waals surface area contributed by atoms with Crippen LogP contribution in [0.15, 0.2) is 78.9 Å². The van der Waals surface area contributed by atoms with Gasteiger partial charge in [-0.05, 0) is 60.4 Å². The van der Waals surface area contributed by atoms with E-state index in [4.69, 9.17) is 14.2 Å². The molecule has 0 spiro atoms. The van der Waals surface area contributed by atoms with Gasteiger partial charge in [-0.3, -0.25) is 19.4 Å². The lowest BCUT2D eigenvalue weighted by molar-refractivity contribution is -0.130. The Labute approximate surface area is 252 Å². The van der Waals surface area contributed by atoms with E-state index in [1.165, 1.54) is 12.1 Å². The van der Waals surface area contributed by atoms with E-state index in [-0.39, 0.29) is 37.1 Å². The normalized spacial score (nSPS) is 18.3. The van der Waals surface area contributed by atoms with E-state index in [1.807, 2.05) is 42.5 Å². The van der Waals surface area contributed by atoms with E-state index in [0.717, 1.165) is 63.3 Å². The third-order valence-electron chi connectivity index (χ3n) is 7.79. The summed E-state index contributed by atoms with van der Waals surface area (Å²) in [6.07, 6.45) is 2.73. The molecule has 5 rings (SSSR count). The summed E-state index contributed by atoms with van der Waals surface area (Å²) >= 11 is 0. The Hall–Kier alpha value is -3.63. The molecule has 2 saturated heterocycles. The van der Waals surface area contributed by atoms with Crippen LogP contribution in [0, 0.1) is 5.82 Å². The van der Waals surface area contributed by atoms with E-state index >= 15 is 0 Å². The second-order valence-corrected chi connectivity index (χ2v) is 11.2. The number of hydrogen-bond acceptors (Lipinski definition) is 7. The summed E-state index contributed by atoms with van der Waals surface area (Å²) < 4.78 is 30.6. The third-order valence-corrected chi connectivity index (χ3v) is 7.79. The van der Waals surface area contributed by atoms with Crippen LogP contribution < -0.4 is 10.1 Å². The lowest BCUT2D eigenvalue weighted by atomic mass is 10.0. The van der Waals surface area contributed by atoms with Gasteiger partial charge in [-0.15, -0.1) is 0 Å². The molecule has 1 unspecified atom stereocenters. The summed E-state index contributed by atoms with van der Waals surface area (Å²) in [5.41, 5.74) is 1.79. The number of halogens is 1. The minimum absolute atomic E-state index is 0.0837. The van der Waals surface area contributed by atoms with Gasteiger partial charge in [0.05, 0.1) is 25.9 Å². The summed E-state index contributed by atoms with van der Waals surface area (Å²) in [6.45, 7) is 5.89. The van der Waals surface area contributed by atoms with Crippen LogP contribution in [-0.4, -0.2) is 86.1 Å². The molecule has 9 heteroatoms. The standard InChI is InChI=1S/C34H40FN3O5/c35-28-10-14-30(15-11-28)43-29-12-8-26(9-13-29)21-33(39)32(25-41-24-27-5-2-1-3-6-27)36-34(40)23-38-18-16-37(17-19-38)22-31-7-4-20-42-31/h1-3,5-6,8-15,31-32H,4,7,16-25H2,(H,36,40)/t31?,32-/m0/s1. The van der Waals surface area contributed by atoms with Crippen LogP contribution in [0.4, 0.5) is 4.39 Å². The van der Waals surface area contributed by atoms with Gasteiger partial charge in [-0.1, -0.05) is 42.5 Å². The summed E-state index contributed by atoms with van der Waals surface area (Å²) in [7, 11) is 0. The monoisotopic (exact) mass is 589 g/mol. The Morgan fingerprint density at radius 3 is 2.23 bits per heavy atom. The van der Waals surface area contributed by atoms with Crippen LogP contribution in [-0.2, 0) is 32.1 Å². The number of hydrogen-bond donors (Lipinski definition) is 1. The third kappa shape index (κ3) is 9.96. The first-order valence-corrected chi connectivity index (χ1v) is 15.0. The van der Waals surface area contributed by atoms with Gasteiger partial charge < -0.3 is 19.5 Å². The highest BCUT2D eigenvalue weighted by Gasteiger charge is 2.26. The Morgan fingerprint density at radius 1 is 0.884 bits per heavy atom. The minimum atomic E-state index is -0.771. The topological polar surface area (TPSA) is 80.3 Å². The molecule has 0 bridgehead atoms. The summed E-state index contributed by atoms with van der Waals surface area (Å²) in [6, 6.07) is 21.9. The van der Waals surface area contributed by atoms with Crippen LogP contribution in [0.25, 0.3) is 0 Å². The largest absolute Gasteiger partial charge is 0.457 e. The molecule has 2 heterocycles. The molecule has 0 aromatic heterocycles. The van der Waals surface area contributed by atoms with E-state index < -0.39 is 6.04 Å². The molecule has 3 aromatic rings. The number of Topliss-reactive ketones (excluding diaryl/α,β-unsaturated/α-hetero) is 1. The number of carbonyl (C=O) groups excluding carboxylic acids is 2. The molecule has 2 fully saturated rings. The molecule has 2 aliphatic rings. The Morgan fingerprint density at radius 2 is 1.56 bits per heavy atom. The highest BCUT2D eigenvalue weighted by molar-refractivity contribution is 5.91. The Kier molecular flexibility index (Phi) is 11.3. The van der Waals surface area contributed by atoms with Gasteiger partial charge >= 0.3 is 0 Å². The number of nitrogens with one attached hydrogen (secondary N) is 1. The van der Waals surface area contributed by atoms with Crippen molar-refractivity contribution in [3.8, 4) is 11.5 Å². The first-order valence-electron chi connectivity index (χ1n) is 15.0. The molecule has 0 saturated carbocycles. The maximum Gasteiger partial charge on any atom is 0.234 e. The molecule has 43 heavy (non-hydrogen) atoms. The number of benzene rings is 3. The predicted octanol–water partition coefficient (Wildman–Crippen LogP) is 4.23. The fraction of sp³-hybridized carbons (Fsp3) is 0.412. The molecule has 3 aromatic carbocycles. The Balaban J connectivity index is 1.13. The molecule has 0 radical (unpaired) electrons. The highest BCUT2D eigenvalue weighted by atomic mass is 19.1. The van der Waals surface area contributed by atoms with Crippen molar-refractivity contribution >= 4 is 11.7 Å². The van der Waals surface area contributed by atoms with Gasteiger partial charge in [0.25, 0.3) is 0 Å². The molecule has 1 N–H and O–H groups in total. The van der Waals surface area contributed by atoms with Crippen molar-refractivity contribution in [1.82, 2.24) is 15.1 Å². The predicted molar refractivity (Wildman–Crippen MR) is 162 cm³/mol. The number of ketones is 1. The molecular weight excluding hydrogens is 549 g/mol. The lowest BCUT2D eigenvalue weighted by Crippen LogP contribution is -2.53. The van der Waals surface area contributed by atoms with E-state index in [1.54, 1.807) is 24.3 Å². The van der Waals surface area contributed by atoms with Gasteiger partial charge in [0.1, 0.15) is 23.4 Å². The number of nitrogens with zero attached hydrogens (tertiary/aromatic N) is 2. The van der Waals surface area contributed by atoms with Crippen LogP contribution in [0.3, 0.4) is 0 Å². The smallest absolute Gasteiger partial charge is 0.234 e. The van der Waals surface area contributed by atoms with Gasteiger partial charge in [0.15, 0.2) is 5.78 Å². The number of amides is 1. The average Bonchev–Trinajstić information content (AvgIpc) is 3.53. The second-order valence-electron chi connectivity index (χ2n) is 11.2. The fourth-order valence-corrected chi connectivity index (χ4v) is 5.37. The molecule has 8 nitrogen and oxygen atoms in total. The van der Waals surface area contributed by atoms with Crippen molar-refractivity contribution in [3.05, 3.63) is 95.8 Å². The number of ether oxygens (including phenoxy) is 3. The lowest BCUT2D eigenvalue weighted by Gasteiger charge is -2.35. The van der Waals surface area contributed by atoms with Crippen LogP contribution in [0.2, 0.25) is 0 Å². The van der Waals surface area contributed by atoms with Crippen molar-refractivity contribution in [2.45, 2.75) is 38.0 Å². The zero-order valence-corrected chi connectivity index (χ0v) is 24.5. The Bertz CT molecular complexity index is 1290. The maximum absolute atomic E-state index is 13.4. The van der Waals surface area contributed by atoms with Crippen molar-refractivity contribution in [2.24, 2.45) is 0 Å². The van der Waals surface area contributed by atoms with Crippen LogP contribution in [0.1, 0.15) is 24.0 Å². The number of rotatable bonds is 14. The molecule has 0 aliphatic carbocycles. The molecule has 2 aliphatic heterocycles. The van der Waals surface area contributed by atoms with Crippen molar-refractivity contribution in [3.63, 3.8) is 0 Å². The van der Waals surface area contributed by atoms with E-state index in [2.05, 4.69) is 15.1 Å². The zero-order chi connectivity index (χ0) is 29.9. The first-order chi connectivity index (χ1) is 21.0. The first kappa shape index (κ1) is 30.8. The SMILES string of the molecule is O=C(CN1CCN(CC2CCCO2)CC1)N[C@@H](COCc1ccccc1)C(=O)Cc1ccc(Oc2ccc(F)cc2)cc1. The minimum Gasteiger partial charge on any atom is -0.457 e. The fourth-order valence-electron chi connectivity index (χ4n) is 5.37. The molecule has 1 amide bonds. The average molecular weight is 590 g/mol. The van der Waals surface area contributed by atoms with Gasteiger partial charge in [-0.2, -0.15) is 0 Å². The summed E-state index contributed by atoms with van der Waals surface area (Å²) in [5, 5.41) is 2.95. The van der Waals surface area contributed by atoms with E-state index in [0.29, 0.717) is 24.2 Å². The number of piperazine rings is 1. The van der Waals surface area contributed by atoms with E-state index in [9.17, 15) is 14.0 Å². The quantitative estimate of drug-likeness (QED) is 0.302. The van der Waals surface area contributed by atoms with Gasteiger partial charge in [-0.25, -0.2) is 4.39 Å². The van der Waals surface area contributed by atoms with Crippen molar-refractivity contribution < 1.29 is 28.2 Å². The van der Waals surface area contributed by atoms with Crippen molar-refractivity contribution in [1.29, 1.82) is 0 Å². The van der Waals surface area contributed by atoms with Gasteiger partial charge in [0, 0.05) is 45.8 Å². The van der Waals surface area contributed by atoms with Gasteiger partial charge in [0.2, 0.25) is 5.91 Å². The van der Waals surface area contributed by atoms with Crippen LogP contribution >= 0.6 is 0 Å². The summed E-state index contributed by atoms with van der Waals surface area (Å²) in [4.78, 5) is 31.0. The summed E-state index contributed by atoms with van der Waals surface area (Å²) in [5.74, 6) is 0.457. The zero-order valence-electron chi connectivity index (χ0n) is 24.5. The molecule has 2 atom stereocenters. The van der Waals surface area contributed by atoms with Crippen molar-refractivity contribution in [2.75, 3.05) is 52.5 Å². The molecular formula is C34H40FN3O5. The number of carbonyl (C=O) groups is 2. The second kappa shape index (κ2) is 15.7. The van der Waals surface area contributed by atoms with Crippen LogP contribution in [0.5, 0.6) is 11.5 Å². The molecule has 228 valence electrons. The maximum atomic E-state index is 13.4. The highest BCUT2D eigenvalue weighted by Crippen LogP contribution is 2.22.